The molecule has 1 atom stereocenters. The quantitative estimate of drug-likeness (QED) is 0.516. The van der Waals surface area contributed by atoms with E-state index >= 15 is 0 Å². The number of pyridine rings is 1. The second-order valence-corrected chi connectivity index (χ2v) is 6.69. The van der Waals surface area contributed by atoms with Gasteiger partial charge in [0.25, 0.3) is 5.56 Å². The summed E-state index contributed by atoms with van der Waals surface area (Å²) in [6, 6.07) is 6.57. The maximum absolute atomic E-state index is 13.3. The van der Waals surface area contributed by atoms with Crippen molar-refractivity contribution in [3.05, 3.63) is 64.6 Å². The Kier molecular flexibility index (Phi) is 4.38. The van der Waals surface area contributed by atoms with Gasteiger partial charge in [-0.1, -0.05) is 12.1 Å². The largest absolute Gasteiger partial charge is 0.480 e. The molecular weight excluding hydrogens is 383 g/mol. The van der Waals surface area contributed by atoms with Gasteiger partial charge in [0.1, 0.15) is 11.9 Å². The number of carboxylic acid groups (broad SMARTS) is 1. The van der Waals surface area contributed by atoms with Crippen LogP contribution in [0.4, 0.5) is 4.39 Å². The van der Waals surface area contributed by atoms with Crippen molar-refractivity contribution in [2.45, 2.75) is 13.0 Å². The summed E-state index contributed by atoms with van der Waals surface area (Å²) in [7, 11) is 0. The Balaban J connectivity index is 1.98. The maximum atomic E-state index is 13.3. The van der Waals surface area contributed by atoms with Crippen molar-refractivity contribution in [3.8, 4) is 11.1 Å². The fourth-order valence-electron chi connectivity index (χ4n) is 3.28. The van der Waals surface area contributed by atoms with Crippen LogP contribution in [0.3, 0.4) is 0 Å². The number of aromatic nitrogens is 4. The van der Waals surface area contributed by atoms with E-state index in [1.165, 1.54) is 24.5 Å². The van der Waals surface area contributed by atoms with Crippen LogP contribution in [-0.2, 0) is 4.79 Å². The van der Waals surface area contributed by atoms with E-state index in [0.29, 0.717) is 16.9 Å². The predicted molar refractivity (Wildman–Crippen MR) is 105 cm³/mol. The topological polar surface area (TPSA) is 89.5 Å². The number of aryl methyl sites for hydroxylation is 1. The lowest BCUT2D eigenvalue weighted by Crippen LogP contribution is -2.31. The van der Waals surface area contributed by atoms with Crippen molar-refractivity contribution in [1.29, 1.82) is 0 Å². The lowest BCUT2D eigenvalue weighted by molar-refractivity contribution is -0.140. The molecule has 3 aromatic heterocycles. The number of fused-ring (bicyclic) bond motifs is 3. The molecule has 0 spiro atoms. The monoisotopic (exact) mass is 398 g/mol. The molecule has 1 N–H and O–H groups in total. The summed E-state index contributed by atoms with van der Waals surface area (Å²) in [6.07, 6.45) is 2.84. The van der Waals surface area contributed by atoms with Crippen LogP contribution >= 0.6 is 12.6 Å². The molecule has 0 saturated heterocycles. The first-order valence-electron chi connectivity index (χ1n) is 8.41. The van der Waals surface area contributed by atoms with E-state index < -0.39 is 17.6 Å². The minimum atomic E-state index is -1.14. The summed E-state index contributed by atoms with van der Waals surface area (Å²) in [4.78, 5) is 28.6. The number of benzene rings is 1. The second-order valence-electron chi connectivity index (χ2n) is 6.32. The van der Waals surface area contributed by atoms with Crippen molar-refractivity contribution in [3.63, 3.8) is 0 Å². The zero-order valence-electron chi connectivity index (χ0n) is 14.7. The zero-order chi connectivity index (χ0) is 20.0. The van der Waals surface area contributed by atoms with Crippen molar-refractivity contribution < 1.29 is 14.3 Å². The summed E-state index contributed by atoms with van der Waals surface area (Å²) >= 11 is 4.03. The standard InChI is InChI=1S/C19H15FN4O3S/c1-10-16(11-2-4-12(20)5-3-11)17-21-8-13-14(24(17)22-10)6-7-23(18(13)25)15(9-28)19(26)27/h2-8,15,28H,9H2,1H3,(H,26,27)/t15-/m1/s1. The van der Waals surface area contributed by atoms with Gasteiger partial charge in [-0.25, -0.2) is 18.7 Å². The lowest BCUT2D eigenvalue weighted by atomic mass is 10.1. The molecule has 9 heteroatoms. The first-order chi connectivity index (χ1) is 13.4. The van der Waals surface area contributed by atoms with E-state index in [-0.39, 0.29) is 17.0 Å². The van der Waals surface area contributed by atoms with Crippen LogP contribution < -0.4 is 5.56 Å². The first kappa shape index (κ1) is 18.2. The van der Waals surface area contributed by atoms with Crippen LogP contribution in [-0.4, -0.2) is 36.0 Å². The van der Waals surface area contributed by atoms with Crippen LogP contribution in [0.15, 0.2) is 47.5 Å². The molecule has 142 valence electrons. The minimum Gasteiger partial charge on any atom is -0.480 e. The Bertz CT molecular complexity index is 1280. The molecule has 3 heterocycles. The van der Waals surface area contributed by atoms with Gasteiger partial charge in [0, 0.05) is 23.7 Å². The second kappa shape index (κ2) is 6.75. The number of nitrogens with zero attached hydrogens (tertiary/aromatic N) is 4. The van der Waals surface area contributed by atoms with Gasteiger partial charge >= 0.3 is 5.97 Å². The minimum absolute atomic E-state index is 0.0218. The van der Waals surface area contributed by atoms with Crippen LogP contribution in [0.1, 0.15) is 11.7 Å². The molecule has 0 aliphatic rings. The number of carbonyl (C=O) groups is 1. The van der Waals surface area contributed by atoms with E-state index in [0.717, 1.165) is 15.7 Å². The Morgan fingerprint density at radius 1 is 1.29 bits per heavy atom. The molecule has 0 aliphatic heterocycles. The summed E-state index contributed by atoms with van der Waals surface area (Å²) in [6.45, 7) is 1.81. The fourth-order valence-corrected chi connectivity index (χ4v) is 3.61. The highest BCUT2D eigenvalue weighted by Gasteiger charge is 2.21. The Hall–Kier alpha value is -3.20. The van der Waals surface area contributed by atoms with Crippen LogP contribution in [0.5, 0.6) is 0 Å². The number of hydrogen-bond acceptors (Lipinski definition) is 5. The van der Waals surface area contributed by atoms with Crippen LogP contribution in [0, 0.1) is 12.7 Å². The predicted octanol–water partition coefficient (Wildman–Crippen LogP) is 2.71. The number of thiol groups is 1. The van der Waals surface area contributed by atoms with E-state index in [9.17, 15) is 19.1 Å². The molecule has 0 radical (unpaired) electrons. The third kappa shape index (κ3) is 2.75. The normalized spacial score (nSPS) is 12.5. The Morgan fingerprint density at radius 3 is 2.64 bits per heavy atom. The molecule has 7 nitrogen and oxygen atoms in total. The van der Waals surface area contributed by atoms with E-state index in [1.807, 2.05) is 6.92 Å². The molecule has 0 bridgehead atoms. The summed E-state index contributed by atoms with van der Waals surface area (Å²) in [5.41, 5.74) is 2.73. The molecule has 0 saturated carbocycles. The van der Waals surface area contributed by atoms with Gasteiger partial charge in [0.2, 0.25) is 0 Å². The van der Waals surface area contributed by atoms with Gasteiger partial charge in [-0.2, -0.15) is 17.7 Å². The molecule has 0 aliphatic carbocycles. The molecule has 4 aromatic rings. The molecule has 1 aromatic carbocycles. The number of hydrogen-bond donors (Lipinski definition) is 2. The molecule has 0 unspecified atom stereocenters. The highest BCUT2D eigenvalue weighted by molar-refractivity contribution is 7.80. The van der Waals surface area contributed by atoms with Gasteiger partial charge in [-0.15, -0.1) is 0 Å². The summed E-state index contributed by atoms with van der Waals surface area (Å²) < 4.78 is 15.9. The lowest BCUT2D eigenvalue weighted by Gasteiger charge is -2.14. The smallest absolute Gasteiger partial charge is 0.327 e. The third-order valence-corrected chi connectivity index (χ3v) is 4.99. The molecular formula is C19H15FN4O3S. The average molecular weight is 398 g/mol. The Labute approximate surface area is 163 Å². The van der Waals surface area contributed by atoms with Crippen molar-refractivity contribution >= 4 is 35.1 Å². The number of aliphatic carboxylic acids is 1. The Morgan fingerprint density at radius 2 is 2.00 bits per heavy atom. The number of rotatable bonds is 4. The zero-order valence-corrected chi connectivity index (χ0v) is 15.6. The highest BCUT2D eigenvalue weighted by Crippen LogP contribution is 2.28. The first-order valence-corrected chi connectivity index (χ1v) is 9.04. The van der Waals surface area contributed by atoms with Gasteiger partial charge in [0.05, 0.1) is 16.6 Å². The van der Waals surface area contributed by atoms with Crippen molar-refractivity contribution in [1.82, 2.24) is 19.2 Å². The van der Waals surface area contributed by atoms with E-state index in [4.69, 9.17) is 0 Å². The van der Waals surface area contributed by atoms with E-state index in [1.54, 1.807) is 22.7 Å². The van der Waals surface area contributed by atoms with Gasteiger partial charge in [-0.05, 0) is 30.7 Å². The van der Waals surface area contributed by atoms with Crippen LogP contribution in [0.2, 0.25) is 0 Å². The molecule has 0 amide bonds. The van der Waals surface area contributed by atoms with Gasteiger partial charge < -0.3 is 5.11 Å². The average Bonchev–Trinajstić information content (AvgIpc) is 3.01. The van der Waals surface area contributed by atoms with E-state index in [2.05, 4.69) is 22.7 Å². The summed E-state index contributed by atoms with van der Waals surface area (Å²) in [5.74, 6) is -1.50. The van der Waals surface area contributed by atoms with Gasteiger partial charge in [0.15, 0.2) is 5.65 Å². The number of halogens is 1. The SMILES string of the molecule is Cc1nn2c(ncc3c(=O)n([C@H](CS)C(=O)O)ccc32)c1-c1ccc(F)cc1. The molecule has 4 rings (SSSR count). The fraction of sp³-hybridized carbons (Fsp3) is 0.158. The third-order valence-electron chi connectivity index (χ3n) is 4.64. The molecule has 0 fully saturated rings. The van der Waals surface area contributed by atoms with Crippen molar-refractivity contribution in [2.24, 2.45) is 0 Å². The molecule has 28 heavy (non-hydrogen) atoms. The maximum Gasteiger partial charge on any atom is 0.327 e. The van der Waals surface area contributed by atoms with Gasteiger partial charge in [-0.3, -0.25) is 9.36 Å². The van der Waals surface area contributed by atoms with Crippen LogP contribution in [0.25, 0.3) is 27.7 Å². The highest BCUT2D eigenvalue weighted by atomic mass is 32.1. The van der Waals surface area contributed by atoms with Crippen molar-refractivity contribution in [2.75, 3.05) is 5.75 Å². The number of carboxylic acids is 1. The summed E-state index contributed by atoms with van der Waals surface area (Å²) in [5, 5.41) is 14.1.